The minimum atomic E-state index is -0.984. The van der Waals surface area contributed by atoms with Crippen molar-refractivity contribution in [3.05, 3.63) is 28.2 Å². The van der Waals surface area contributed by atoms with E-state index in [9.17, 15) is 14.4 Å². The first-order valence-corrected chi connectivity index (χ1v) is 6.34. The highest BCUT2D eigenvalue weighted by atomic mass is 35.5. The number of imide groups is 1. The Hall–Kier alpha value is -1.63. The zero-order chi connectivity index (χ0) is 14.9. The standard InChI is InChI=1S/C12H10Cl2N2O4/c1-20-15(6-17)10-5-11(18)16(12(10)19)9-3-7(13)2-8(14)4-9/h2-4,6,10H,5H2,1H3. The van der Waals surface area contributed by atoms with Crippen LogP contribution < -0.4 is 4.90 Å². The Labute approximate surface area is 124 Å². The number of amides is 3. The summed E-state index contributed by atoms with van der Waals surface area (Å²) in [5, 5.41) is 1.40. The topological polar surface area (TPSA) is 66.9 Å². The zero-order valence-corrected chi connectivity index (χ0v) is 11.9. The van der Waals surface area contributed by atoms with E-state index >= 15 is 0 Å². The van der Waals surface area contributed by atoms with Gasteiger partial charge in [-0.2, -0.15) is 0 Å². The monoisotopic (exact) mass is 316 g/mol. The van der Waals surface area contributed by atoms with Gasteiger partial charge in [0, 0.05) is 10.0 Å². The molecule has 1 heterocycles. The second-order valence-corrected chi connectivity index (χ2v) is 4.94. The van der Waals surface area contributed by atoms with Gasteiger partial charge < -0.3 is 0 Å². The molecule has 106 valence electrons. The highest BCUT2D eigenvalue weighted by Gasteiger charge is 2.43. The minimum Gasteiger partial charge on any atom is -0.276 e. The lowest BCUT2D eigenvalue weighted by Gasteiger charge is -2.20. The summed E-state index contributed by atoms with van der Waals surface area (Å²) >= 11 is 11.7. The van der Waals surface area contributed by atoms with Crippen molar-refractivity contribution in [2.75, 3.05) is 12.0 Å². The molecule has 0 saturated carbocycles. The van der Waals surface area contributed by atoms with Crippen LogP contribution in [0.1, 0.15) is 6.42 Å². The van der Waals surface area contributed by atoms with E-state index in [-0.39, 0.29) is 12.1 Å². The molecule has 1 aromatic rings. The van der Waals surface area contributed by atoms with Crippen molar-refractivity contribution in [2.24, 2.45) is 0 Å². The van der Waals surface area contributed by atoms with Crippen molar-refractivity contribution in [3.63, 3.8) is 0 Å². The fourth-order valence-electron chi connectivity index (χ4n) is 2.00. The Morgan fingerprint density at radius 2 is 1.90 bits per heavy atom. The fourth-order valence-corrected chi connectivity index (χ4v) is 2.51. The van der Waals surface area contributed by atoms with E-state index in [1.54, 1.807) is 0 Å². The Bertz CT molecular complexity index is 558. The summed E-state index contributed by atoms with van der Waals surface area (Å²) in [4.78, 5) is 40.7. The van der Waals surface area contributed by atoms with Gasteiger partial charge in [-0.25, -0.2) is 9.96 Å². The molecule has 0 spiro atoms. The van der Waals surface area contributed by atoms with Crippen molar-refractivity contribution in [1.29, 1.82) is 0 Å². The average molecular weight is 317 g/mol. The molecule has 1 aliphatic heterocycles. The predicted molar refractivity (Wildman–Crippen MR) is 72.3 cm³/mol. The summed E-state index contributed by atoms with van der Waals surface area (Å²) in [6, 6.07) is 3.40. The van der Waals surface area contributed by atoms with Crippen LogP contribution in [0.2, 0.25) is 10.0 Å². The Balaban J connectivity index is 2.35. The van der Waals surface area contributed by atoms with Gasteiger partial charge in [0.2, 0.25) is 12.3 Å². The van der Waals surface area contributed by atoms with E-state index in [0.29, 0.717) is 16.5 Å². The third-order valence-corrected chi connectivity index (χ3v) is 3.29. The first-order chi connectivity index (χ1) is 9.47. The summed E-state index contributed by atoms with van der Waals surface area (Å²) in [5.74, 6) is -1.02. The lowest BCUT2D eigenvalue weighted by Crippen LogP contribution is -2.40. The number of halogens is 2. The fraction of sp³-hybridized carbons (Fsp3) is 0.250. The first-order valence-electron chi connectivity index (χ1n) is 5.58. The number of rotatable bonds is 4. The molecule has 1 aliphatic rings. The van der Waals surface area contributed by atoms with Gasteiger partial charge in [0.15, 0.2) is 0 Å². The van der Waals surface area contributed by atoms with Gasteiger partial charge in [0.1, 0.15) is 6.04 Å². The maximum absolute atomic E-state index is 12.2. The SMILES string of the molecule is CON(C=O)C1CC(=O)N(c2cc(Cl)cc(Cl)c2)C1=O. The van der Waals surface area contributed by atoms with Gasteiger partial charge in [-0.3, -0.25) is 19.2 Å². The molecule has 0 aromatic heterocycles. The van der Waals surface area contributed by atoms with Gasteiger partial charge in [-0.15, -0.1) is 0 Å². The predicted octanol–water partition coefficient (Wildman–Crippen LogP) is 1.65. The van der Waals surface area contributed by atoms with Crippen molar-refractivity contribution in [3.8, 4) is 0 Å². The highest BCUT2D eigenvalue weighted by molar-refractivity contribution is 6.35. The van der Waals surface area contributed by atoms with Gasteiger partial charge in [0.25, 0.3) is 5.91 Å². The van der Waals surface area contributed by atoms with Crippen LogP contribution in [0.15, 0.2) is 18.2 Å². The second-order valence-electron chi connectivity index (χ2n) is 4.06. The average Bonchev–Trinajstić information content (AvgIpc) is 2.65. The molecule has 1 atom stereocenters. The minimum absolute atomic E-state index is 0.157. The molecule has 8 heteroatoms. The molecule has 0 N–H and O–H groups in total. The number of anilines is 1. The quantitative estimate of drug-likeness (QED) is 0.481. The molecule has 0 bridgehead atoms. The van der Waals surface area contributed by atoms with Crippen molar-refractivity contribution in [2.45, 2.75) is 12.5 Å². The maximum Gasteiger partial charge on any atom is 0.259 e. The molecule has 0 aliphatic carbocycles. The van der Waals surface area contributed by atoms with Crippen LogP contribution in [-0.4, -0.2) is 36.4 Å². The summed E-state index contributed by atoms with van der Waals surface area (Å²) in [7, 11) is 1.24. The van der Waals surface area contributed by atoms with Gasteiger partial charge in [-0.05, 0) is 18.2 Å². The lowest BCUT2D eigenvalue weighted by atomic mass is 10.2. The van der Waals surface area contributed by atoms with E-state index in [2.05, 4.69) is 0 Å². The number of hydroxylamine groups is 2. The number of nitrogens with zero attached hydrogens (tertiary/aromatic N) is 2. The van der Waals surface area contributed by atoms with Crippen molar-refractivity contribution < 1.29 is 19.2 Å². The number of carbonyl (C=O) groups excluding carboxylic acids is 3. The van der Waals surface area contributed by atoms with Crippen LogP contribution >= 0.6 is 23.2 Å². The first kappa shape index (κ1) is 14.8. The maximum atomic E-state index is 12.2. The van der Waals surface area contributed by atoms with Crippen molar-refractivity contribution in [1.82, 2.24) is 5.06 Å². The molecule has 20 heavy (non-hydrogen) atoms. The molecule has 2 rings (SSSR count). The van der Waals surface area contributed by atoms with E-state index in [1.807, 2.05) is 0 Å². The molecule has 1 aromatic carbocycles. The Morgan fingerprint density at radius 3 is 2.40 bits per heavy atom. The van der Waals surface area contributed by atoms with E-state index in [1.165, 1.54) is 25.3 Å². The lowest BCUT2D eigenvalue weighted by molar-refractivity contribution is -0.176. The van der Waals surface area contributed by atoms with Crippen LogP contribution in [0.3, 0.4) is 0 Å². The number of benzene rings is 1. The third kappa shape index (κ3) is 2.63. The van der Waals surface area contributed by atoms with E-state index < -0.39 is 17.9 Å². The molecular formula is C12H10Cl2N2O4. The van der Waals surface area contributed by atoms with Crippen LogP contribution in [0.25, 0.3) is 0 Å². The van der Waals surface area contributed by atoms with Gasteiger partial charge in [0.05, 0.1) is 19.2 Å². The molecule has 0 radical (unpaired) electrons. The number of hydrogen-bond acceptors (Lipinski definition) is 4. The summed E-state index contributed by atoms with van der Waals surface area (Å²) in [5.41, 5.74) is 0.266. The summed E-state index contributed by atoms with van der Waals surface area (Å²) in [6.45, 7) is 0. The third-order valence-electron chi connectivity index (χ3n) is 2.85. The van der Waals surface area contributed by atoms with Gasteiger partial charge >= 0.3 is 0 Å². The Kier molecular flexibility index (Phi) is 4.27. The summed E-state index contributed by atoms with van der Waals surface area (Å²) < 4.78 is 0. The van der Waals surface area contributed by atoms with Crippen molar-refractivity contribution >= 4 is 47.1 Å². The smallest absolute Gasteiger partial charge is 0.259 e. The zero-order valence-electron chi connectivity index (χ0n) is 10.4. The van der Waals surface area contributed by atoms with Crippen LogP contribution in [0, 0.1) is 0 Å². The largest absolute Gasteiger partial charge is 0.276 e. The molecule has 3 amide bonds. The normalized spacial score (nSPS) is 18.6. The van der Waals surface area contributed by atoms with Crippen LogP contribution in [-0.2, 0) is 19.2 Å². The number of carbonyl (C=O) groups is 3. The highest BCUT2D eigenvalue weighted by Crippen LogP contribution is 2.30. The van der Waals surface area contributed by atoms with Gasteiger partial charge in [-0.1, -0.05) is 23.2 Å². The second kappa shape index (κ2) is 5.78. The van der Waals surface area contributed by atoms with Crippen LogP contribution in [0.4, 0.5) is 5.69 Å². The van der Waals surface area contributed by atoms with E-state index in [0.717, 1.165) is 9.96 Å². The molecule has 6 nitrogen and oxygen atoms in total. The van der Waals surface area contributed by atoms with Crippen LogP contribution in [0.5, 0.6) is 0 Å². The molecule has 1 fully saturated rings. The molecular weight excluding hydrogens is 307 g/mol. The molecule has 1 unspecified atom stereocenters. The number of hydrogen-bond donors (Lipinski definition) is 0. The van der Waals surface area contributed by atoms with E-state index in [4.69, 9.17) is 28.0 Å². The Morgan fingerprint density at radius 1 is 1.30 bits per heavy atom. The molecule has 1 saturated heterocycles. The summed E-state index contributed by atoms with van der Waals surface area (Å²) in [6.07, 6.45) is 0.194.